The molecule has 0 atom stereocenters. The first-order valence-corrected chi connectivity index (χ1v) is 8.24. The molecule has 1 aliphatic rings. The van der Waals surface area contributed by atoms with Crippen LogP contribution in [0.1, 0.15) is 11.1 Å². The number of hydrogen-bond donors (Lipinski definition) is 1. The van der Waals surface area contributed by atoms with Gasteiger partial charge in [0.15, 0.2) is 0 Å². The van der Waals surface area contributed by atoms with Crippen molar-refractivity contribution in [2.75, 3.05) is 31.1 Å². The molecule has 23 heavy (non-hydrogen) atoms. The first kappa shape index (κ1) is 16.2. The Kier molecular flexibility index (Phi) is 5.16. The molecule has 0 amide bonds. The summed E-state index contributed by atoms with van der Waals surface area (Å²) in [6.45, 7) is 5.21. The fourth-order valence-electron chi connectivity index (χ4n) is 2.93. The number of piperazine rings is 1. The van der Waals surface area contributed by atoms with Gasteiger partial charge in [-0.25, -0.2) is 4.39 Å². The quantitative estimate of drug-likeness (QED) is 0.932. The third-order valence-corrected chi connectivity index (χ3v) is 4.66. The highest BCUT2D eigenvalue weighted by Crippen LogP contribution is 2.20. The third kappa shape index (κ3) is 4.02. The highest BCUT2D eigenvalue weighted by molar-refractivity contribution is 6.31. The molecular formula is C18H21ClFN3. The van der Waals surface area contributed by atoms with Crippen LogP contribution in [0.2, 0.25) is 5.02 Å². The van der Waals surface area contributed by atoms with E-state index in [1.165, 1.54) is 17.7 Å². The minimum Gasteiger partial charge on any atom is -0.369 e. The number of halogens is 2. The van der Waals surface area contributed by atoms with Crippen LogP contribution in [0.4, 0.5) is 10.1 Å². The van der Waals surface area contributed by atoms with Gasteiger partial charge < -0.3 is 10.6 Å². The van der Waals surface area contributed by atoms with E-state index in [4.69, 9.17) is 17.3 Å². The average molecular weight is 334 g/mol. The van der Waals surface area contributed by atoms with Gasteiger partial charge in [0, 0.05) is 50.0 Å². The molecule has 3 nitrogen and oxygen atoms in total. The van der Waals surface area contributed by atoms with Crippen LogP contribution in [-0.2, 0) is 13.1 Å². The van der Waals surface area contributed by atoms with Gasteiger partial charge in [0.1, 0.15) is 5.82 Å². The molecule has 0 aromatic heterocycles. The third-order valence-electron chi connectivity index (χ3n) is 4.31. The summed E-state index contributed by atoms with van der Waals surface area (Å²) in [5.41, 5.74) is 8.92. The van der Waals surface area contributed by atoms with Crippen LogP contribution < -0.4 is 10.6 Å². The molecule has 5 heteroatoms. The summed E-state index contributed by atoms with van der Waals surface area (Å²) in [7, 11) is 0. The standard InChI is InChI=1S/C18H21ClFN3/c19-18-11-14(1-2-15(18)12-21)13-22-7-9-23(10-8-22)17-5-3-16(20)4-6-17/h1-6,11H,7-10,12-13,21H2. The van der Waals surface area contributed by atoms with Gasteiger partial charge in [0.05, 0.1) is 0 Å². The number of rotatable bonds is 4. The smallest absolute Gasteiger partial charge is 0.123 e. The van der Waals surface area contributed by atoms with Crippen LogP contribution in [0.3, 0.4) is 0 Å². The lowest BCUT2D eigenvalue weighted by Gasteiger charge is -2.36. The number of nitrogens with zero attached hydrogens (tertiary/aromatic N) is 2. The molecular weight excluding hydrogens is 313 g/mol. The molecule has 122 valence electrons. The van der Waals surface area contributed by atoms with Gasteiger partial charge >= 0.3 is 0 Å². The monoisotopic (exact) mass is 333 g/mol. The van der Waals surface area contributed by atoms with Crippen LogP contribution in [0.25, 0.3) is 0 Å². The van der Waals surface area contributed by atoms with Crippen LogP contribution in [0, 0.1) is 5.82 Å². The molecule has 2 aromatic rings. The molecule has 0 unspecified atom stereocenters. The van der Waals surface area contributed by atoms with E-state index in [9.17, 15) is 4.39 Å². The van der Waals surface area contributed by atoms with Gasteiger partial charge in [-0.05, 0) is 41.5 Å². The molecule has 1 aliphatic heterocycles. The molecule has 0 aliphatic carbocycles. The molecule has 0 spiro atoms. The molecule has 1 saturated heterocycles. The Hall–Kier alpha value is -1.62. The van der Waals surface area contributed by atoms with Crippen molar-refractivity contribution in [2.24, 2.45) is 5.73 Å². The van der Waals surface area contributed by atoms with Crippen LogP contribution in [0.15, 0.2) is 42.5 Å². The molecule has 0 radical (unpaired) electrons. The summed E-state index contributed by atoms with van der Waals surface area (Å²) in [6, 6.07) is 12.8. The topological polar surface area (TPSA) is 32.5 Å². The van der Waals surface area contributed by atoms with E-state index in [1.807, 2.05) is 24.3 Å². The second-order valence-corrected chi connectivity index (χ2v) is 6.28. The minimum atomic E-state index is -0.190. The van der Waals surface area contributed by atoms with Crippen molar-refractivity contribution < 1.29 is 4.39 Å². The van der Waals surface area contributed by atoms with E-state index in [0.29, 0.717) is 6.54 Å². The van der Waals surface area contributed by atoms with E-state index in [1.54, 1.807) is 0 Å². The number of benzene rings is 2. The largest absolute Gasteiger partial charge is 0.369 e. The molecule has 1 fully saturated rings. The lowest BCUT2D eigenvalue weighted by Crippen LogP contribution is -2.45. The lowest BCUT2D eigenvalue weighted by molar-refractivity contribution is 0.250. The Bertz CT molecular complexity index is 652. The maximum Gasteiger partial charge on any atom is 0.123 e. The van der Waals surface area contributed by atoms with Crippen molar-refractivity contribution in [2.45, 2.75) is 13.1 Å². The predicted octanol–water partition coefficient (Wildman–Crippen LogP) is 3.26. The van der Waals surface area contributed by atoms with Gasteiger partial charge in [0.25, 0.3) is 0 Å². The Labute approximate surface area is 141 Å². The average Bonchev–Trinajstić information content (AvgIpc) is 2.57. The zero-order valence-electron chi connectivity index (χ0n) is 13.0. The van der Waals surface area contributed by atoms with E-state index < -0.39 is 0 Å². The number of anilines is 1. The Morgan fingerprint density at radius 2 is 1.70 bits per heavy atom. The fourth-order valence-corrected chi connectivity index (χ4v) is 3.21. The van der Waals surface area contributed by atoms with Crippen LogP contribution >= 0.6 is 11.6 Å². The zero-order valence-corrected chi connectivity index (χ0v) is 13.8. The lowest BCUT2D eigenvalue weighted by atomic mass is 10.1. The van der Waals surface area contributed by atoms with Gasteiger partial charge in [-0.15, -0.1) is 0 Å². The van der Waals surface area contributed by atoms with E-state index in [0.717, 1.165) is 49.0 Å². The Balaban J connectivity index is 1.56. The first-order chi connectivity index (χ1) is 11.2. The molecule has 0 saturated carbocycles. The molecule has 3 rings (SSSR count). The Morgan fingerprint density at radius 3 is 2.30 bits per heavy atom. The van der Waals surface area contributed by atoms with E-state index in [-0.39, 0.29) is 5.82 Å². The Morgan fingerprint density at radius 1 is 1.00 bits per heavy atom. The van der Waals surface area contributed by atoms with Gasteiger partial charge in [0.2, 0.25) is 0 Å². The van der Waals surface area contributed by atoms with Gasteiger partial charge in [-0.3, -0.25) is 4.90 Å². The van der Waals surface area contributed by atoms with Crippen molar-refractivity contribution in [3.05, 3.63) is 64.4 Å². The SMILES string of the molecule is NCc1ccc(CN2CCN(c3ccc(F)cc3)CC2)cc1Cl. The molecule has 2 aromatic carbocycles. The maximum atomic E-state index is 13.0. The van der Waals surface area contributed by atoms with E-state index >= 15 is 0 Å². The highest BCUT2D eigenvalue weighted by atomic mass is 35.5. The van der Waals surface area contributed by atoms with E-state index in [2.05, 4.69) is 15.9 Å². The second-order valence-electron chi connectivity index (χ2n) is 5.87. The summed E-state index contributed by atoms with van der Waals surface area (Å²) < 4.78 is 13.0. The van der Waals surface area contributed by atoms with Crippen molar-refractivity contribution in [3.63, 3.8) is 0 Å². The van der Waals surface area contributed by atoms with Crippen molar-refractivity contribution in [1.82, 2.24) is 4.90 Å². The molecule has 1 heterocycles. The van der Waals surface area contributed by atoms with Crippen LogP contribution in [-0.4, -0.2) is 31.1 Å². The van der Waals surface area contributed by atoms with Gasteiger partial charge in [-0.2, -0.15) is 0 Å². The predicted molar refractivity (Wildman–Crippen MR) is 93.2 cm³/mol. The van der Waals surface area contributed by atoms with Crippen LogP contribution in [0.5, 0.6) is 0 Å². The van der Waals surface area contributed by atoms with Gasteiger partial charge in [-0.1, -0.05) is 23.7 Å². The van der Waals surface area contributed by atoms with Crippen molar-refractivity contribution >= 4 is 17.3 Å². The molecule has 0 bridgehead atoms. The first-order valence-electron chi connectivity index (χ1n) is 7.86. The summed E-state index contributed by atoms with van der Waals surface area (Å²) in [4.78, 5) is 4.70. The minimum absolute atomic E-state index is 0.190. The number of hydrogen-bond acceptors (Lipinski definition) is 3. The normalized spacial score (nSPS) is 15.9. The summed E-state index contributed by atoms with van der Waals surface area (Å²) in [5, 5.41) is 0.745. The van der Waals surface area contributed by atoms with Crippen molar-refractivity contribution in [3.8, 4) is 0 Å². The molecule has 2 N–H and O–H groups in total. The maximum absolute atomic E-state index is 13.0. The fraction of sp³-hybridized carbons (Fsp3) is 0.333. The zero-order chi connectivity index (χ0) is 16.2. The second kappa shape index (κ2) is 7.30. The summed E-state index contributed by atoms with van der Waals surface area (Å²) in [5.74, 6) is -0.190. The summed E-state index contributed by atoms with van der Waals surface area (Å²) in [6.07, 6.45) is 0. The highest BCUT2D eigenvalue weighted by Gasteiger charge is 2.17. The summed E-state index contributed by atoms with van der Waals surface area (Å²) >= 11 is 6.23. The van der Waals surface area contributed by atoms with Crippen molar-refractivity contribution in [1.29, 1.82) is 0 Å². The number of nitrogens with two attached hydrogens (primary N) is 1.